The molecule has 2 unspecified atom stereocenters. The molecule has 0 radical (unpaired) electrons. The summed E-state index contributed by atoms with van der Waals surface area (Å²) in [5.74, 6) is 0.712. The van der Waals surface area contributed by atoms with Gasteiger partial charge in [0.2, 0.25) is 0 Å². The van der Waals surface area contributed by atoms with Crippen LogP contribution in [-0.2, 0) is 0 Å². The summed E-state index contributed by atoms with van der Waals surface area (Å²) in [5, 5.41) is 4.10. The molecular weight excluding hydrogens is 282 g/mol. The Bertz CT molecular complexity index is 652. The second kappa shape index (κ2) is 6.02. The number of nitrogens with zero attached hydrogens (tertiary/aromatic N) is 1. The average Bonchev–Trinajstić information content (AvgIpc) is 2.85. The minimum Gasteiger partial charge on any atom is -0.397 e. The van der Waals surface area contributed by atoms with E-state index in [4.69, 9.17) is 5.73 Å². The molecule has 4 nitrogen and oxygen atoms in total. The van der Waals surface area contributed by atoms with E-state index in [0.29, 0.717) is 16.6 Å². The topological polar surface area (TPSA) is 68.0 Å². The van der Waals surface area contributed by atoms with Crippen molar-refractivity contribution in [1.29, 1.82) is 0 Å². The van der Waals surface area contributed by atoms with Gasteiger partial charge in [-0.25, -0.2) is 0 Å². The highest BCUT2D eigenvalue weighted by Gasteiger charge is 2.24. The van der Waals surface area contributed by atoms with E-state index >= 15 is 0 Å². The van der Waals surface area contributed by atoms with Crippen LogP contribution >= 0.6 is 11.3 Å². The number of nitrogens with two attached hydrogens (primary N) is 1. The Morgan fingerprint density at radius 2 is 2.38 bits per heavy atom. The van der Waals surface area contributed by atoms with Crippen molar-refractivity contribution in [3.05, 3.63) is 23.3 Å². The van der Waals surface area contributed by atoms with Crippen LogP contribution < -0.4 is 11.1 Å². The predicted octanol–water partition coefficient (Wildman–Crippen LogP) is 3.58. The molecule has 0 bridgehead atoms. The maximum atomic E-state index is 12.5. The van der Waals surface area contributed by atoms with Crippen molar-refractivity contribution in [2.75, 3.05) is 5.73 Å². The first-order chi connectivity index (χ1) is 10.2. The van der Waals surface area contributed by atoms with Gasteiger partial charge in [0.1, 0.15) is 4.88 Å². The molecule has 0 spiro atoms. The molecule has 1 aliphatic rings. The number of pyridine rings is 1. The summed E-state index contributed by atoms with van der Waals surface area (Å²) in [6.45, 7) is 2.23. The highest BCUT2D eigenvalue weighted by atomic mass is 32.1. The van der Waals surface area contributed by atoms with Crippen LogP contribution in [0.1, 0.15) is 48.7 Å². The number of nitrogens with one attached hydrogen (secondary N) is 1. The van der Waals surface area contributed by atoms with Crippen molar-refractivity contribution >= 4 is 33.0 Å². The van der Waals surface area contributed by atoms with Crippen LogP contribution in [0.15, 0.2) is 18.5 Å². The Kier molecular flexibility index (Phi) is 4.10. The number of rotatable bonds is 3. The van der Waals surface area contributed by atoms with E-state index in [-0.39, 0.29) is 5.91 Å². The summed E-state index contributed by atoms with van der Waals surface area (Å²) in [5.41, 5.74) is 6.70. The number of amides is 1. The third-order valence-corrected chi connectivity index (χ3v) is 5.59. The van der Waals surface area contributed by atoms with Gasteiger partial charge in [-0.1, -0.05) is 26.2 Å². The molecule has 112 valence electrons. The lowest BCUT2D eigenvalue weighted by molar-refractivity contribution is 0.0924. The lowest BCUT2D eigenvalue weighted by Crippen LogP contribution is -2.38. The molecule has 1 amide bonds. The zero-order valence-corrected chi connectivity index (χ0v) is 13.1. The predicted molar refractivity (Wildman–Crippen MR) is 87.5 cm³/mol. The van der Waals surface area contributed by atoms with Crippen LogP contribution in [0, 0.1) is 5.92 Å². The molecule has 3 rings (SSSR count). The first-order valence-electron chi connectivity index (χ1n) is 7.62. The van der Waals surface area contributed by atoms with Crippen molar-refractivity contribution in [3.8, 4) is 0 Å². The van der Waals surface area contributed by atoms with Gasteiger partial charge in [0, 0.05) is 23.8 Å². The molecule has 3 N–H and O–H groups in total. The molecule has 0 saturated heterocycles. The molecule has 0 aromatic carbocycles. The summed E-state index contributed by atoms with van der Waals surface area (Å²) in [6.07, 6.45) is 9.34. The van der Waals surface area contributed by atoms with Gasteiger partial charge in [-0.2, -0.15) is 0 Å². The van der Waals surface area contributed by atoms with Crippen molar-refractivity contribution < 1.29 is 4.79 Å². The molecule has 5 heteroatoms. The zero-order valence-electron chi connectivity index (χ0n) is 12.3. The Balaban J connectivity index is 1.76. The van der Waals surface area contributed by atoms with E-state index in [1.54, 1.807) is 12.4 Å². The van der Waals surface area contributed by atoms with Crippen LogP contribution in [0.3, 0.4) is 0 Å². The van der Waals surface area contributed by atoms with E-state index in [1.807, 2.05) is 6.07 Å². The minimum absolute atomic E-state index is 0.0320. The molecule has 2 aromatic rings. The van der Waals surface area contributed by atoms with Gasteiger partial charge in [-0.15, -0.1) is 11.3 Å². The fourth-order valence-corrected chi connectivity index (χ4v) is 4.18. The van der Waals surface area contributed by atoms with Gasteiger partial charge in [0.05, 0.1) is 10.4 Å². The van der Waals surface area contributed by atoms with E-state index in [1.165, 1.54) is 30.6 Å². The van der Waals surface area contributed by atoms with Crippen LogP contribution in [0.25, 0.3) is 10.1 Å². The number of aromatic nitrogens is 1. The van der Waals surface area contributed by atoms with Gasteiger partial charge in [-0.05, 0) is 24.8 Å². The monoisotopic (exact) mass is 303 g/mol. The SMILES string of the molecule is CCC1CCCC(NC(=O)c2sc3cnccc3c2N)C1. The lowest BCUT2D eigenvalue weighted by atomic mass is 9.84. The Morgan fingerprint density at radius 3 is 3.14 bits per heavy atom. The highest BCUT2D eigenvalue weighted by molar-refractivity contribution is 7.21. The molecule has 21 heavy (non-hydrogen) atoms. The smallest absolute Gasteiger partial charge is 0.263 e. The number of carbonyl (C=O) groups is 1. The van der Waals surface area contributed by atoms with Crippen LogP contribution in [0.5, 0.6) is 0 Å². The number of anilines is 1. The second-order valence-corrected chi connectivity index (χ2v) is 6.88. The van der Waals surface area contributed by atoms with Crippen LogP contribution in [0.2, 0.25) is 0 Å². The van der Waals surface area contributed by atoms with Gasteiger partial charge in [0.15, 0.2) is 0 Å². The first-order valence-corrected chi connectivity index (χ1v) is 8.43. The Morgan fingerprint density at radius 1 is 1.52 bits per heavy atom. The average molecular weight is 303 g/mol. The zero-order chi connectivity index (χ0) is 14.8. The normalized spacial score (nSPS) is 22.3. The Labute approximate surface area is 128 Å². The quantitative estimate of drug-likeness (QED) is 0.910. The highest BCUT2D eigenvalue weighted by Crippen LogP contribution is 2.33. The molecule has 1 fully saturated rings. The lowest BCUT2D eigenvalue weighted by Gasteiger charge is -2.29. The number of nitrogen functional groups attached to an aromatic ring is 1. The summed E-state index contributed by atoms with van der Waals surface area (Å²) >= 11 is 1.43. The Hall–Kier alpha value is -1.62. The molecule has 2 aromatic heterocycles. The third kappa shape index (κ3) is 2.88. The minimum atomic E-state index is -0.0320. The summed E-state index contributed by atoms with van der Waals surface area (Å²) in [4.78, 5) is 17.2. The van der Waals surface area contributed by atoms with E-state index in [2.05, 4.69) is 17.2 Å². The maximum absolute atomic E-state index is 12.5. The first kappa shape index (κ1) is 14.3. The standard InChI is InChI=1S/C16H21N3OS/c1-2-10-4-3-5-11(8-10)19-16(20)15-14(17)12-6-7-18-9-13(12)21-15/h6-7,9-11H,2-5,8,17H2,1H3,(H,19,20). The molecule has 0 aliphatic heterocycles. The fourth-order valence-electron chi connectivity index (χ4n) is 3.18. The molecular formula is C16H21N3OS. The summed E-state index contributed by atoms with van der Waals surface area (Å²) < 4.78 is 0.968. The van der Waals surface area contributed by atoms with Gasteiger partial charge in [-0.3, -0.25) is 9.78 Å². The van der Waals surface area contributed by atoms with Crippen molar-refractivity contribution in [1.82, 2.24) is 10.3 Å². The maximum Gasteiger partial charge on any atom is 0.263 e. The third-order valence-electron chi connectivity index (χ3n) is 4.43. The van der Waals surface area contributed by atoms with Crippen LogP contribution in [0.4, 0.5) is 5.69 Å². The number of hydrogen-bond acceptors (Lipinski definition) is 4. The number of thiophene rings is 1. The number of fused-ring (bicyclic) bond motifs is 1. The fraction of sp³-hybridized carbons (Fsp3) is 0.500. The molecule has 2 atom stereocenters. The van der Waals surface area contributed by atoms with E-state index in [0.717, 1.165) is 28.8 Å². The van der Waals surface area contributed by atoms with Gasteiger partial charge < -0.3 is 11.1 Å². The van der Waals surface area contributed by atoms with Crippen molar-refractivity contribution in [2.24, 2.45) is 5.92 Å². The molecule has 1 aliphatic carbocycles. The number of carbonyl (C=O) groups excluding carboxylic acids is 1. The van der Waals surface area contributed by atoms with E-state index < -0.39 is 0 Å². The molecule has 2 heterocycles. The summed E-state index contributed by atoms with van der Waals surface area (Å²) in [6, 6.07) is 2.16. The number of hydrogen-bond donors (Lipinski definition) is 2. The van der Waals surface area contributed by atoms with Gasteiger partial charge >= 0.3 is 0 Å². The molecule has 1 saturated carbocycles. The van der Waals surface area contributed by atoms with Gasteiger partial charge in [0.25, 0.3) is 5.91 Å². The van der Waals surface area contributed by atoms with Crippen LogP contribution in [-0.4, -0.2) is 16.9 Å². The van der Waals surface area contributed by atoms with Crippen molar-refractivity contribution in [3.63, 3.8) is 0 Å². The second-order valence-electron chi connectivity index (χ2n) is 5.83. The largest absolute Gasteiger partial charge is 0.397 e. The van der Waals surface area contributed by atoms with E-state index in [9.17, 15) is 4.79 Å². The van der Waals surface area contributed by atoms with Crippen molar-refractivity contribution in [2.45, 2.75) is 45.1 Å². The summed E-state index contributed by atoms with van der Waals surface area (Å²) in [7, 11) is 0.